The van der Waals surface area contributed by atoms with Crippen molar-refractivity contribution in [1.29, 1.82) is 0 Å². The number of carbonyl (C=O) groups excluding carboxylic acids is 1. The number of hydrogen-bond donors (Lipinski definition) is 0. The zero-order chi connectivity index (χ0) is 25.1. The van der Waals surface area contributed by atoms with E-state index in [1.54, 1.807) is 52.5 Å². The number of fused-ring (bicyclic) bond motifs is 3. The van der Waals surface area contributed by atoms with E-state index in [1.165, 1.54) is 6.20 Å². The maximum atomic E-state index is 12.8. The minimum absolute atomic E-state index is 0.124. The van der Waals surface area contributed by atoms with Gasteiger partial charge in [-0.3, -0.25) is 4.79 Å². The lowest BCUT2D eigenvalue weighted by Crippen LogP contribution is -2.29. The zero-order valence-corrected chi connectivity index (χ0v) is 21.1. The van der Waals surface area contributed by atoms with E-state index >= 15 is 0 Å². The van der Waals surface area contributed by atoms with Crippen LogP contribution in [0, 0.1) is 0 Å². The van der Waals surface area contributed by atoms with Gasteiger partial charge in [-0.15, -0.1) is 0 Å². The van der Waals surface area contributed by atoms with E-state index in [-0.39, 0.29) is 5.91 Å². The summed E-state index contributed by atoms with van der Waals surface area (Å²) in [6.07, 6.45) is 2.10. The lowest BCUT2D eigenvalue weighted by molar-refractivity contribution is 0.0796. The van der Waals surface area contributed by atoms with Crippen LogP contribution in [0.2, 0.25) is 5.15 Å². The molecule has 4 aromatic rings. The quantitative estimate of drug-likeness (QED) is 0.241. The van der Waals surface area contributed by atoms with Gasteiger partial charge >= 0.3 is 0 Å². The van der Waals surface area contributed by atoms with Crippen molar-refractivity contribution in [3.05, 3.63) is 64.9 Å². The molecule has 1 amide bonds. The van der Waals surface area contributed by atoms with Crippen LogP contribution in [0.4, 0.5) is 0 Å². The number of aromatic nitrogens is 1. The van der Waals surface area contributed by atoms with E-state index in [0.29, 0.717) is 46.7 Å². The van der Waals surface area contributed by atoms with Gasteiger partial charge in [0, 0.05) is 25.2 Å². The lowest BCUT2D eigenvalue weighted by Gasteiger charge is -2.20. The average molecular weight is 495 g/mol. The summed E-state index contributed by atoms with van der Waals surface area (Å²) in [5, 5.41) is 4.21. The molecule has 0 spiro atoms. The van der Waals surface area contributed by atoms with Crippen LogP contribution < -0.4 is 18.9 Å². The van der Waals surface area contributed by atoms with Crippen molar-refractivity contribution in [1.82, 2.24) is 9.88 Å². The summed E-state index contributed by atoms with van der Waals surface area (Å²) in [4.78, 5) is 18.5. The van der Waals surface area contributed by atoms with Gasteiger partial charge in [0.05, 0.1) is 34.0 Å². The number of methoxy groups -OCH3 is 4. The van der Waals surface area contributed by atoms with Gasteiger partial charge in [-0.1, -0.05) is 23.7 Å². The Morgan fingerprint density at radius 1 is 0.886 bits per heavy atom. The Morgan fingerprint density at radius 2 is 1.60 bits per heavy atom. The molecular weight excluding hydrogens is 468 g/mol. The van der Waals surface area contributed by atoms with Gasteiger partial charge in [0.2, 0.25) is 0 Å². The number of benzene rings is 3. The number of nitrogens with zero attached hydrogens (tertiary/aromatic N) is 2. The molecule has 182 valence electrons. The summed E-state index contributed by atoms with van der Waals surface area (Å²) >= 11 is 5.85. The van der Waals surface area contributed by atoms with Crippen molar-refractivity contribution >= 4 is 39.1 Å². The molecule has 4 rings (SSSR count). The summed E-state index contributed by atoms with van der Waals surface area (Å²) < 4.78 is 22.5. The fourth-order valence-corrected chi connectivity index (χ4v) is 4.37. The topological polar surface area (TPSA) is 70.1 Å². The third kappa shape index (κ3) is 4.64. The summed E-state index contributed by atoms with van der Waals surface area (Å²) in [5.41, 5.74) is 1.52. The number of amides is 1. The van der Waals surface area contributed by atoms with E-state index in [2.05, 4.69) is 11.1 Å². The fraction of sp³-hybridized carbons (Fsp3) is 0.259. The molecule has 7 nitrogen and oxygen atoms in total. The monoisotopic (exact) mass is 494 g/mol. The molecule has 0 aliphatic rings. The second kappa shape index (κ2) is 10.3. The van der Waals surface area contributed by atoms with Crippen LogP contribution in [0.5, 0.6) is 23.0 Å². The van der Waals surface area contributed by atoms with Crippen molar-refractivity contribution < 1.29 is 23.7 Å². The summed E-state index contributed by atoms with van der Waals surface area (Å²) in [6, 6.07) is 13.3. The van der Waals surface area contributed by atoms with Crippen molar-refractivity contribution in [2.45, 2.75) is 6.42 Å². The number of likely N-dealkylation sites (N-methyl/N-ethyl adjacent to an activating group) is 1. The predicted octanol–water partition coefficient (Wildman–Crippen LogP) is 5.39. The number of hydrogen-bond acceptors (Lipinski definition) is 6. The molecule has 0 N–H and O–H groups in total. The third-order valence-corrected chi connectivity index (χ3v) is 6.31. The first-order valence-corrected chi connectivity index (χ1v) is 11.4. The van der Waals surface area contributed by atoms with Gasteiger partial charge in [-0.25, -0.2) is 4.98 Å². The number of halogens is 1. The highest BCUT2D eigenvalue weighted by atomic mass is 35.5. The highest BCUT2D eigenvalue weighted by molar-refractivity contribution is 6.29. The maximum Gasteiger partial charge on any atom is 0.255 e. The van der Waals surface area contributed by atoms with Crippen LogP contribution in [-0.2, 0) is 6.42 Å². The van der Waals surface area contributed by atoms with E-state index in [9.17, 15) is 4.79 Å². The molecule has 1 heterocycles. The minimum Gasteiger partial charge on any atom is -0.493 e. The van der Waals surface area contributed by atoms with Gasteiger partial charge < -0.3 is 23.8 Å². The van der Waals surface area contributed by atoms with E-state index in [0.717, 1.165) is 27.1 Å². The molecule has 0 atom stereocenters. The Hall–Kier alpha value is -3.71. The summed E-state index contributed by atoms with van der Waals surface area (Å²) in [7, 11) is 8.24. The van der Waals surface area contributed by atoms with Crippen molar-refractivity contribution in [2.24, 2.45) is 0 Å². The Bertz CT molecular complexity index is 1390. The molecule has 0 saturated heterocycles. The molecule has 0 bridgehead atoms. The van der Waals surface area contributed by atoms with Gasteiger partial charge in [0.15, 0.2) is 23.0 Å². The van der Waals surface area contributed by atoms with Gasteiger partial charge in [-0.2, -0.15) is 0 Å². The predicted molar refractivity (Wildman–Crippen MR) is 138 cm³/mol. The summed E-state index contributed by atoms with van der Waals surface area (Å²) in [6.45, 7) is 0.496. The Labute approximate surface area is 209 Å². The number of ether oxygens (including phenoxy) is 4. The standard InChI is InChI=1S/C27H27ClN2O5/c1-30(27(31)18-7-9-24(28)29-15-18)11-10-17-13-23(34-4)26(35-5)25-19(17)8-6-16-12-21(32-2)22(33-3)14-20(16)25/h6-9,12-15H,10-11H2,1-5H3. The van der Waals surface area contributed by atoms with Crippen molar-refractivity contribution in [3.63, 3.8) is 0 Å². The number of rotatable bonds is 8. The fourth-order valence-electron chi connectivity index (χ4n) is 4.26. The first-order valence-electron chi connectivity index (χ1n) is 11.0. The van der Waals surface area contributed by atoms with E-state index in [1.807, 2.05) is 24.3 Å². The first-order chi connectivity index (χ1) is 16.9. The van der Waals surface area contributed by atoms with E-state index < -0.39 is 0 Å². The van der Waals surface area contributed by atoms with E-state index in [4.69, 9.17) is 30.5 Å². The minimum atomic E-state index is -0.124. The number of carbonyl (C=O) groups is 1. The third-order valence-electron chi connectivity index (χ3n) is 6.09. The Morgan fingerprint density at radius 3 is 2.23 bits per heavy atom. The SMILES string of the molecule is COc1cc2ccc3c(CCN(C)C(=O)c4ccc(Cl)nc4)cc(OC)c(OC)c3c2cc1OC. The van der Waals surface area contributed by atoms with Crippen LogP contribution in [0.1, 0.15) is 15.9 Å². The highest BCUT2D eigenvalue weighted by Gasteiger charge is 2.19. The molecule has 0 saturated carbocycles. The van der Waals surface area contributed by atoms with Crippen LogP contribution >= 0.6 is 11.6 Å². The average Bonchev–Trinajstić information content (AvgIpc) is 2.89. The normalized spacial score (nSPS) is 10.9. The Kier molecular flexibility index (Phi) is 7.17. The van der Waals surface area contributed by atoms with Crippen LogP contribution in [0.15, 0.2) is 48.7 Å². The molecule has 0 radical (unpaired) electrons. The van der Waals surface area contributed by atoms with Crippen molar-refractivity contribution in [2.75, 3.05) is 42.0 Å². The molecule has 3 aromatic carbocycles. The Balaban J connectivity index is 1.78. The second-order valence-electron chi connectivity index (χ2n) is 8.03. The zero-order valence-electron chi connectivity index (χ0n) is 20.3. The number of pyridine rings is 1. The van der Waals surface area contributed by atoms with Crippen LogP contribution in [0.25, 0.3) is 21.5 Å². The molecule has 8 heteroatoms. The largest absolute Gasteiger partial charge is 0.493 e. The molecule has 0 aliphatic heterocycles. The highest BCUT2D eigenvalue weighted by Crippen LogP contribution is 2.44. The first kappa shape index (κ1) is 24.4. The molecule has 0 aliphatic carbocycles. The van der Waals surface area contributed by atoms with Gasteiger partial charge in [0.1, 0.15) is 5.15 Å². The van der Waals surface area contributed by atoms with Gasteiger partial charge in [-0.05, 0) is 58.5 Å². The molecular formula is C27H27ClN2O5. The second-order valence-corrected chi connectivity index (χ2v) is 8.42. The lowest BCUT2D eigenvalue weighted by atomic mass is 9.95. The molecule has 0 unspecified atom stereocenters. The van der Waals surface area contributed by atoms with Crippen molar-refractivity contribution in [3.8, 4) is 23.0 Å². The smallest absolute Gasteiger partial charge is 0.255 e. The maximum absolute atomic E-state index is 12.8. The van der Waals surface area contributed by atoms with Crippen LogP contribution in [0.3, 0.4) is 0 Å². The molecule has 1 aromatic heterocycles. The van der Waals surface area contributed by atoms with Crippen LogP contribution in [-0.4, -0.2) is 57.8 Å². The van der Waals surface area contributed by atoms with Gasteiger partial charge in [0.25, 0.3) is 5.91 Å². The summed E-state index contributed by atoms with van der Waals surface area (Å²) in [5.74, 6) is 2.41. The molecule has 0 fully saturated rings. The molecule has 35 heavy (non-hydrogen) atoms.